The van der Waals surface area contributed by atoms with E-state index in [1.165, 1.54) is 5.56 Å². The van der Waals surface area contributed by atoms with Crippen molar-refractivity contribution in [1.82, 2.24) is 10.3 Å². The number of nitrogens with one attached hydrogen (secondary N) is 1. The lowest BCUT2D eigenvalue weighted by atomic mass is 10.0. The van der Waals surface area contributed by atoms with Crippen molar-refractivity contribution in [2.24, 2.45) is 0 Å². The minimum absolute atomic E-state index is 0.0333. The molecule has 0 aliphatic carbocycles. The van der Waals surface area contributed by atoms with Gasteiger partial charge < -0.3 is 10.2 Å². The summed E-state index contributed by atoms with van der Waals surface area (Å²) in [6.07, 6.45) is 3.77. The van der Waals surface area contributed by atoms with Crippen molar-refractivity contribution in [3.05, 3.63) is 60.3 Å². The number of thioether (sulfide) groups is 1. The maximum Gasteiger partial charge on any atom is 0.233 e. The molecule has 25 heavy (non-hydrogen) atoms. The lowest BCUT2D eigenvalue weighted by Gasteiger charge is -2.33. The molecule has 4 nitrogen and oxygen atoms in total. The third-order valence-electron chi connectivity index (χ3n) is 4.53. The second-order valence-corrected chi connectivity index (χ2v) is 7.73. The van der Waals surface area contributed by atoms with Crippen molar-refractivity contribution in [3.8, 4) is 0 Å². The Balaban J connectivity index is 1.41. The van der Waals surface area contributed by atoms with Crippen LogP contribution in [0.15, 0.2) is 54.7 Å². The summed E-state index contributed by atoms with van der Waals surface area (Å²) < 4.78 is 0. The van der Waals surface area contributed by atoms with Crippen molar-refractivity contribution in [2.75, 3.05) is 18.0 Å². The van der Waals surface area contributed by atoms with Gasteiger partial charge in [-0.2, -0.15) is 0 Å². The fraction of sp³-hybridized carbons (Fsp3) is 0.400. The van der Waals surface area contributed by atoms with Crippen LogP contribution in [0.25, 0.3) is 0 Å². The molecule has 3 rings (SSSR count). The minimum atomic E-state index is -0.0333. The molecule has 1 atom stereocenters. The Morgan fingerprint density at radius 2 is 1.92 bits per heavy atom. The van der Waals surface area contributed by atoms with Gasteiger partial charge in [0.05, 0.1) is 5.25 Å². The second-order valence-electron chi connectivity index (χ2n) is 6.40. The number of anilines is 1. The van der Waals surface area contributed by atoms with E-state index in [1.54, 1.807) is 11.8 Å². The molecule has 1 aromatic carbocycles. The Morgan fingerprint density at radius 3 is 2.60 bits per heavy atom. The average molecular weight is 356 g/mol. The first-order chi connectivity index (χ1) is 12.2. The van der Waals surface area contributed by atoms with Crippen molar-refractivity contribution in [1.29, 1.82) is 0 Å². The first kappa shape index (κ1) is 17.8. The number of hydrogen-bond donors (Lipinski definition) is 1. The third kappa shape index (κ3) is 5.23. The number of nitrogens with zero attached hydrogens (tertiary/aromatic N) is 2. The molecule has 1 fully saturated rings. The molecule has 0 radical (unpaired) electrons. The van der Waals surface area contributed by atoms with E-state index in [-0.39, 0.29) is 17.2 Å². The fourth-order valence-corrected chi connectivity index (χ4v) is 3.84. The van der Waals surface area contributed by atoms with E-state index in [9.17, 15) is 4.79 Å². The molecule has 0 spiro atoms. The smallest absolute Gasteiger partial charge is 0.233 e. The van der Waals surface area contributed by atoms with Crippen LogP contribution in [0, 0.1) is 0 Å². The predicted molar refractivity (Wildman–Crippen MR) is 105 cm³/mol. The normalized spacial score (nSPS) is 16.4. The summed E-state index contributed by atoms with van der Waals surface area (Å²) in [5.74, 6) is 2.05. The summed E-state index contributed by atoms with van der Waals surface area (Å²) in [5, 5.41) is 3.19. The summed E-state index contributed by atoms with van der Waals surface area (Å²) in [7, 11) is 0. The SMILES string of the molecule is CC(SCc1ccccc1)C(=O)NC1CCN(c2ccccn2)CC1. The molecule has 2 heterocycles. The van der Waals surface area contributed by atoms with Gasteiger partial charge in [0.15, 0.2) is 0 Å². The van der Waals surface area contributed by atoms with E-state index in [4.69, 9.17) is 0 Å². The molecule has 0 saturated carbocycles. The molecule has 2 aromatic rings. The quantitative estimate of drug-likeness (QED) is 0.862. The topological polar surface area (TPSA) is 45.2 Å². The number of hydrogen-bond acceptors (Lipinski definition) is 4. The molecule has 132 valence electrons. The zero-order chi connectivity index (χ0) is 17.5. The van der Waals surface area contributed by atoms with Gasteiger partial charge in [0, 0.05) is 31.1 Å². The third-order valence-corrected chi connectivity index (χ3v) is 5.74. The second kappa shape index (κ2) is 8.90. The summed E-state index contributed by atoms with van der Waals surface area (Å²) in [4.78, 5) is 19.1. The number of piperidine rings is 1. The van der Waals surface area contributed by atoms with Crippen LogP contribution < -0.4 is 10.2 Å². The van der Waals surface area contributed by atoms with Crippen LogP contribution in [0.4, 0.5) is 5.82 Å². The molecule has 1 saturated heterocycles. The van der Waals surface area contributed by atoms with Crippen LogP contribution in [0.1, 0.15) is 25.3 Å². The molecular weight excluding hydrogens is 330 g/mol. The van der Waals surface area contributed by atoms with Gasteiger partial charge in [0.2, 0.25) is 5.91 Å². The van der Waals surface area contributed by atoms with Gasteiger partial charge in [0.25, 0.3) is 0 Å². The van der Waals surface area contributed by atoms with Crippen LogP contribution in [0.3, 0.4) is 0 Å². The Hall–Kier alpha value is -2.01. The van der Waals surface area contributed by atoms with Crippen LogP contribution in [0.2, 0.25) is 0 Å². The predicted octanol–water partition coefficient (Wildman–Crippen LogP) is 3.49. The monoisotopic (exact) mass is 355 g/mol. The molecule has 1 unspecified atom stereocenters. The van der Waals surface area contributed by atoms with Crippen LogP contribution in [-0.4, -0.2) is 35.3 Å². The Labute approximate surface area is 154 Å². The average Bonchev–Trinajstić information content (AvgIpc) is 2.68. The molecule has 1 amide bonds. The number of benzene rings is 1. The van der Waals surface area contributed by atoms with E-state index in [0.717, 1.165) is 37.5 Å². The Kier molecular flexibility index (Phi) is 6.34. The van der Waals surface area contributed by atoms with Crippen molar-refractivity contribution in [2.45, 2.75) is 36.8 Å². The lowest BCUT2D eigenvalue weighted by Crippen LogP contribution is -2.46. The first-order valence-corrected chi connectivity index (χ1v) is 9.89. The van der Waals surface area contributed by atoms with Gasteiger partial charge in [0.1, 0.15) is 5.82 Å². The standard InChI is InChI=1S/C20H25N3OS/c1-16(25-15-17-7-3-2-4-8-17)20(24)22-18-10-13-23(14-11-18)19-9-5-6-12-21-19/h2-9,12,16,18H,10-11,13-15H2,1H3,(H,22,24). The van der Waals surface area contributed by atoms with Crippen LogP contribution in [-0.2, 0) is 10.5 Å². The summed E-state index contributed by atoms with van der Waals surface area (Å²) in [6.45, 7) is 3.87. The van der Waals surface area contributed by atoms with E-state index < -0.39 is 0 Å². The number of amides is 1. The molecule has 1 N–H and O–H groups in total. The van der Waals surface area contributed by atoms with Crippen LogP contribution in [0.5, 0.6) is 0 Å². The van der Waals surface area contributed by atoms with E-state index in [0.29, 0.717) is 0 Å². The van der Waals surface area contributed by atoms with Gasteiger partial charge in [-0.15, -0.1) is 11.8 Å². The molecule has 0 bridgehead atoms. The first-order valence-electron chi connectivity index (χ1n) is 8.84. The zero-order valence-electron chi connectivity index (χ0n) is 14.6. The molecule has 1 aliphatic heterocycles. The highest BCUT2D eigenvalue weighted by atomic mass is 32.2. The highest BCUT2D eigenvalue weighted by molar-refractivity contribution is 7.99. The summed E-state index contributed by atoms with van der Waals surface area (Å²) >= 11 is 1.69. The van der Waals surface area contributed by atoms with Crippen molar-refractivity contribution < 1.29 is 4.79 Å². The van der Waals surface area contributed by atoms with Crippen molar-refractivity contribution >= 4 is 23.5 Å². The maximum absolute atomic E-state index is 12.4. The van der Waals surface area contributed by atoms with E-state index in [2.05, 4.69) is 27.3 Å². The van der Waals surface area contributed by atoms with Gasteiger partial charge in [-0.1, -0.05) is 36.4 Å². The highest BCUT2D eigenvalue weighted by Crippen LogP contribution is 2.20. The van der Waals surface area contributed by atoms with Crippen LogP contribution >= 0.6 is 11.8 Å². The van der Waals surface area contributed by atoms with Gasteiger partial charge in [-0.05, 0) is 37.5 Å². The minimum Gasteiger partial charge on any atom is -0.356 e. The van der Waals surface area contributed by atoms with Crippen molar-refractivity contribution in [3.63, 3.8) is 0 Å². The molecule has 1 aromatic heterocycles. The largest absolute Gasteiger partial charge is 0.356 e. The van der Waals surface area contributed by atoms with Gasteiger partial charge >= 0.3 is 0 Å². The fourth-order valence-electron chi connectivity index (χ4n) is 2.98. The number of carbonyl (C=O) groups is 1. The Bertz CT molecular complexity index is 657. The number of rotatable bonds is 6. The molecule has 1 aliphatic rings. The lowest BCUT2D eigenvalue weighted by molar-refractivity contribution is -0.121. The maximum atomic E-state index is 12.4. The van der Waals surface area contributed by atoms with E-state index in [1.807, 2.05) is 49.5 Å². The molecule has 5 heteroatoms. The Morgan fingerprint density at radius 1 is 1.20 bits per heavy atom. The number of pyridine rings is 1. The zero-order valence-corrected chi connectivity index (χ0v) is 15.4. The summed E-state index contributed by atoms with van der Waals surface area (Å²) in [6, 6.07) is 16.6. The number of carbonyl (C=O) groups excluding carboxylic acids is 1. The van der Waals surface area contributed by atoms with Gasteiger partial charge in [-0.3, -0.25) is 4.79 Å². The molecular formula is C20H25N3OS. The summed E-state index contributed by atoms with van der Waals surface area (Å²) in [5.41, 5.74) is 1.26. The number of aromatic nitrogens is 1. The van der Waals surface area contributed by atoms with E-state index >= 15 is 0 Å². The highest BCUT2D eigenvalue weighted by Gasteiger charge is 2.23. The van der Waals surface area contributed by atoms with Gasteiger partial charge in [-0.25, -0.2) is 4.98 Å².